The number of carbonyl (C=O) groups excluding carboxylic acids is 4. The van der Waals surface area contributed by atoms with Gasteiger partial charge in [0.1, 0.15) is 6.04 Å². The van der Waals surface area contributed by atoms with E-state index in [1.165, 1.54) is 6.07 Å². The first-order valence-electron chi connectivity index (χ1n) is 10.7. The van der Waals surface area contributed by atoms with Crippen LogP contribution in [0.15, 0.2) is 72.8 Å². The van der Waals surface area contributed by atoms with Gasteiger partial charge in [-0.05, 0) is 48.9 Å². The predicted molar refractivity (Wildman–Crippen MR) is 127 cm³/mol. The molecular weight excluding hydrogens is 456 g/mol. The number of hydrogen-bond donors (Lipinski definition) is 1. The summed E-state index contributed by atoms with van der Waals surface area (Å²) in [6.07, 6.45) is 0.0411. The molecule has 1 aliphatic heterocycles. The quantitative estimate of drug-likeness (QED) is 0.404. The maximum Gasteiger partial charge on any atom is 0.340 e. The molecule has 8 heteroatoms. The second-order valence-electron chi connectivity index (χ2n) is 7.63. The van der Waals surface area contributed by atoms with Gasteiger partial charge in [0.05, 0.1) is 29.0 Å². The van der Waals surface area contributed by atoms with Crippen LogP contribution < -0.4 is 5.32 Å². The molecule has 0 aromatic heterocycles. The molecule has 1 aliphatic rings. The Hall–Kier alpha value is -3.97. The maximum atomic E-state index is 13.5. The third-order valence-corrected chi connectivity index (χ3v) is 5.67. The van der Waals surface area contributed by atoms with Gasteiger partial charge < -0.3 is 10.1 Å². The van der Waals surface area contributed by atoms with Crippen LogP contribution in [0.2, 0.25) is 5.02 Å². The lowest BCUT2D eigenvalue weighted by Gasteiger charge is -2.26. The van der Waals surface area contributed by atoms with Crippen LogP contribution in [0.1, 0.15) is 43.6 Å². The normalized spacial score (nSPS) is 13.4. The topological polar surface area (TPSA) is 92.8 Å². The molecule has 0 saturated carbocycles. The largest absolute Gasteiger partial charge is 0.462 e. The number of rotatable bonds is 7. The van der Waals surface area contributed by atoms with Gasteiger partial charge >= 0.3 is 5.97 Å². The van der Waals surface area contributed by atoms with E-state index in [0.717, 1.165) is 4.90 Å². The molecule has 4 rings (SSSR count). The van der Waals surface area contributed by atoms with Gasteiger partial charge in [0.15, 0.2) is 0 Å². The van der Waals surface area contributed by atoms with E-state index in [-0.39, 0.29) is 35.4 Å². The van der Waals surface area contributed by atoms with Crippen LogP contribution in [0.5, 0.6) is 0 Å². The maximum absolute atomic E-state index is 13.5. The molecule has 3 aromatic carbocycles. The highest BCUT2D eigenvalue weighted by atomic mass is 35.5. The number of fused-ring (bicyclic) bond motifs is 1. The molecule has 3 amide bonds. The van der Waals surface area contributed by atoms with Crippen molar-refractivity contribution >= 4 is 41.0 Å². The number of anilines is 1. The number of imide groups is 1. The monoisotopic (exact) mass is 476 g/mol. The Morgan fingerprint density at radius 3 is 2.24 bits per heavy atom. The molecule has 1 atom stereocenters. The summed E-state index contributed by atoms with van der Waals surface area (Å²) in [7, 11) is 0. The number of amides is 3. The van der Waals surface area contributed by atoms with Gasteiger partial charge in [-0.1, -0.05) is 48.0 Å². The SMILES string of the molecule is CCOC(=O)c1ccccc1NC(=O)C(Cc1cccc(Cl)c1)N1C(=O)c2ccccc2C1=O. The van der Waals surface area contributed by atoms with Gasteiger partial charge in [-0.15, -0.1) is 0 Å². The Bertz CT molecular complexity index is 1250. The summed E-state index contributed by atoms with van der Waals surface area (Å²) >= 11 is 6.11. The molecule has 0 saturated heterocycles. The average molecular weight is 477 g/mol. The molecule has 7 nitrogen and oxygen atoms in total. The van der Waals surface area contributed by atoms with E-state index in [4.69, 9.17) is 16.3 Å². The first kappa shape index (κ1) is 23.2. The number of nitrogens with one attached hydrogen (secondary N) is 1. The molecule has 0 fully saturated rings. The third-order valence-electron chi connectivity index (χ3n) is 5.44. The lowest BCUT2D eigenvalue weighted by atomic mass is 10.0. The number of para-hydroxylation sites is 1. The van der Waals surface area contributed by atoms with Crippen molar-refractivity contribution in [3.05, 3.63) is 100 Å². The minimum atomic E-state index is -1.18. The minimum absolute atomic E-state index is 0.0411. The third kappa shape index (κ3) is 4.56. The number of hydrogen-bond acceptors (Lipinski definition) is 5. The summed E-state index contributed by atoms with van der Waals surface area (Å²) in [5.74, 6) is -2.32. The minimum Gasteiger partial charge on any atom is -0.462 e. The second-order valence-corrected chi connectivity index (χ2v) is 8.07. The zero-order chi connectivity index (χ0) is 24.2. The van der Waals surface area contributed by atoms with Gasteiger partial charge in [0, 0.05) is 11.4 Å². The molecule has 0 radical (unpaired) electrons. The van der Waals surface area contributed by atoms with Crippen molar-refractivity contribution in [2.45, 2.75) is 19.4 Å². The molecule has 1 N–H and O–H groups in total. The lowest BCUT2D eigenvalue weighted by Crippen LogP contribution is -2.48. The summed E-state index contributed by atoms with van der Waals surface area (Å²) in [5.41, 5.74) is 1.54. The Morgan fingerprint density at radius 2 is 1.59 bits per heavy atom. The van der Waals surface area contributed by atoms with Crippen molar-refractivity contribution in [2.75, 3.05) is 11.9 Å². The molecule has 34 heavy (non-hydrogen) atoms. The second kappa shape index (κ2) is 9.89. The molecular formula is C26H21ClN2O5. The molecule has 172 valence electrons. The van der Waals surface area contributed by atoms with E-state index in [2.05, 4.69) is 5.32 Å². The first-order chi connectivity index (χ1) is 16.4. The number of benzene rings is 3. The highest BCUT2D eigenvalue weighted by Crippen LogP contribution is 2.27. The zero-order valence-corrected chi connectivity index (χ0v) is 19.0. The molecule has 0 aliphatic carbocycles. The Balaban J connectivity index is 1.70. The Labute approximate surface area is 201 Å². The Morgan fingerprint density at radius 1 is 0.941 bits per heavy atom. The number of nitrogens with zero attached hydrogens (tertiary/aromatic N) is 1. The van der Waals surface area contributed by atoms with Crippen molar-refractivity contribution in [1.29, 1.82) is 0 Å². The first-order valence-corrected chi connectivity index (χ1v) is 11.1. The highest BCUT2D eigenvalue weighted by Gasteiger charge is 2.42. The van der Waals surface area contributed by atoms with Crippen molar-refractivity contribution in [3.8, 4) is 0 Å². The van der Waals surface area contributed by atoms with Crippen molar-refractivity contribution in [2.24, 2.45) is 0 Å². The summed E-state index contributed by atoms with van der Waals surface area (Å²) in [6.45, 7) is 1.86. The summed E-state index contributed by atoms with van der Waals surface area (Å²) in [4.78, 5) is 53.1. The van der Waals surface area contributed by atoms with Crippen molar-refractivity contribution in [1.82, 2.24) is 4.90 Å². The van der Waals surface area contributed by atoms with E-state index in [9.17, 15) is 19.2 Å². The van der Waals surface area contributed by atoms with Crippen LogP contribution in [0, 0.1) is 0 Å². The molecule has 1 unspecified atom stereocenters. The highest BCUT2D eigenvalue weighted by molar-refractivity contribution is 6.30. The number of halogens is 1. The van der Waals surface area contributed by atoms with E-state index >= 15 is 0 Å². The average Bonchev–Trinajstić information content (AvgIpc) is 3.08. The van der Waals surface area contributed by atoms with Crippen LogP contribution in [0.3, 0.4) is 0 Å². The van der Waals surface area contributed by atoms with Crippen molar-refractivity contribution < 1.29 is 23.9 Å². The predicted octanol–water partition coefficient (Wildman–Crippen LogP) is 4.36. The van der Waals surface area contributed by atoms with Crippen molar-refractivity contribution in [3.63, 3.8) is 0 Å². The summed E-state index contributed by atoms with van der Waals surface area (Å²) in [6, 6.07) is 18.5. The Kier molecular flexibility index (Phi) is 6.75. The molecule has 3 aromatic rings. The van der Waals surface area contributed by atoms with E-state index in [0.29, 0.717) is 10.6 Å². The summed E-state index contributed by atoms with van der Waals surface area (Å²) in [5, 5.41) is 3.18. The standard InChI is InChI=1S/C26H21ClN2O5/c1-2-34-26(33)20-12-5-6-13-21(20)28-23(30)22(15-16-8-7-9-17(27)14-16)29-24(31)18-10-3-4-11-19(18)25(29)32/h3-14,22H,2,15H2,1H3,(H,28,30). The van der Waals surface area contributed by atoms with E-state index in [1.807, 2.05) is 0 Å². The van der Waals surface area contributed by atoms with Crippen LogP contribution in [0.4, 0.5) is 5.69 Å². The van der Waals surface area contributed by atoms with E-state index in [1.54, 1.807) is 73.7 Å². The van der Waals surface area contributed by atoms with Crippen LogP contribution in [-0.2, 0) is 16.0 Å². The van der Waals surface area contributed by atoms with Crippen LogP contribution in [-0.4, -0.2) is 41.2 Å². The van der Waals surface area contributed by atoms with Crippen LogP contribution in [0.25, 0.3) is 0 Å². The van der Waals surface area contributed by atoms with Gasteiger partial charge in [-0.3, -0.25) is 19.3 Å². The molecule has 0 bridgehead atoms. The number of carbonyl (C=O) groups is 4. The fraction of sp³-hybridized carbons (Fsp3) is 0.154. The zero-order valence-electron chi connectivity index (χ0n) is 18.3. The number of ether oxygens (including phenoxy) is 1. The molecule has 1 heterocycles. The van der Waals surface area contributed by atoms with E-state index < -0.39 is 29.7 Å². The summed E-state index contributed by atoms with van der Waals surface area (Å²) < 4.78 is 5.07. The van der Waals surface area contributed by atoms with Gasteiger partial charge in [-0.2, -0.15) is 0 Å². The molecule has 0 spiro atoms. The number of esters is 1. The lowest BCUT2D eigenvalue weighted by molar-refractivity contribution is -0.119. The fourth-order valence-electron chi connectivity index (χ4n) is 3.87. The smallest absolute Gasteiger partial charge is 0.340 e. The van der Waals surface area contributed by atoms with Gasteiger partial charge in [0.25, 0.3) is 11.8 Å². The van der Waals surface area contributed by atoms with Gasteiger partial charge in [0.2, 0.25) is 5.91 Å². The van der Waals surface area contributed by atoms with Crippen LogP contribution >= 0.6 is 11.6 Å². The fourth-order valence-corrected chi connectivity index (χ4v) is 4.09. The van der Waals surface area contributed by atoms with Gasteiger partial charge in [-0.25, -0.2) is 4.79 Å².